The zero-order valence-electron chi connectivity index (χ0n) is 17.3. The first-order valence-electron chi connectivity index (χ1n) is 10.8. The maximum absolute atomic E-state index is 12.9. The smallest absolute Gasteiger partial charge is 0.231 e. The lowest BCUT2D eigenvalue weighted by Crippen LogP contribution is -2.40. The molecule has 2 aromatic rings. The van der Waals surface area contributed by atoms with E-state index in [1.807, 2.05) is 23.1 Å². The molecule has 5 rings (SSSR count). The zero-order chi connectivity index (χ0) is 21.2. The Morgan fingerprint density at radius 1 is 0.839 bits per heavy atom. The highest BCUT2D eigenvalue weighted by Crippen LogP contribution is 2.34. The number of likely N-dealkylation sites (tertiary alicyclic amines) is 1. The summed E-state index contributed by atoms with van der Waals surface area (Å²) in [5.74, 6) is 2.98. The third-order valence-corrected chi connectivity index (χ3v) is 6.11. The van der Waals surface area contributed by atoms with Crippen LogP contribution in [0.5, 0.6) is 23.0 Å². The number of piperidine rings is 1. The molecule has 0 aliphatic carbocycles. The maximum atomic E-state index is 12.9. The second-order valence-corrected chi connectivity index (χ2v) is 8.07. The van der Waals surface area contributed by atoms with E-state index in [2.05, 4.69) is 0 Å². The average molecular weight is 423 g/mol. The maximum Gasteiger partial charge on any atom is 0.231 e. The van der Waals surface area contributed by atoms with Crippen LogP contribution in [0.2, 0.25) is 0 Å². The van der Waals surface area contributed by atoms with Crippen LogP contribution in [-0.2, 0) is 11.2 Å². The van der Waals surface area contributed by atoms with Gasteiger partial charge in [0.05, 0.1) is 0 Å². The molecule has 2 aromatic carbocycles. The number of Topliss-reactive ketones (excluding diaryl/α,β-unsaturated/α-hetero) is 1. The van der Waals surface area contributed by atoms with Crippen LogP contribution >= 0.6 is 0 Å². The van der Waals surface area contributed by atoms with Gasteiger partial charge < -0.3 is 23.8 Å². The van der Waals surface area contributed by atoms with E-state index < -0.39 is 0 Å². The van der Waals surface area contributed by atoms with Gasteiger partial charge in [-0.05, 0) is 55.2 Å². The fourth-order valence-electron chi connectivity index (χ4n) is 4.33. The Morgan fingerprint density at radius 2 is 1.52 bits per heavy atom. The molecule has 0 saturated carbocycles. The Morgan fingerprint density at radius 3 is 2.35 bits per heavy atom. The number of carbonyl (C=O) groups excluding carboxylic acids is 2. The second kappa shape index (κ2) is 8.49. The summed E-state index contributed by atoms with van der Waals surface area (Å²) in [7, 11) is 0. The number of fused-ring (bicyclic) bond motifs is 2. The Kier molecular flexibility index (Phi) is 5.40. The van der Waals surface area contributed by atoms with Gasteiger partial charge in [0, 0.05) is 31.0 Å². The molecule has 0 spiro atoms. The summed E-state index contributed by atoms with van der Waals surface area (Å²) >= 11 is 0. The number of nitrogens with zero attached hydrogens (tertiary/aromatic N) is 1. The molecule has 0 radical (unpaired) electrons. The van der Waals surface area contributed by atoms with Gasteiger partial charge in [-0.15, -0.1) is 0 Å². The normalized spacial score (nSPS) is 17.5. The van der Waals surface area contributed by atoms with Gasteiger partial charge in [0.15, 0.2) is 28.8 Å². The topological polar surface area (TPSA) is 74.3 Å². The Bertz CT molecular complexity index is 996. The summed E-state index contributed by atoms with van der Waals surface area (Å²) in [4.78, 5) is 27.5. The van der Waals surface area contributed by atoms with Crippen LogP contribution in [0.25, 0.3) is 0 Å². The molecule has 3 aliphatic heterocycles. The fourth-order valence-corrected chi connectivity index (χ4v) is 4.33. The van der Waals surface area contributed by atoms with E-state index in [0.29, 0.717) is 69.0 Å². The van der Waals surface area contributed by atoms with Crippen LogP contribution in [0.3, 0.4) is 0 Å². The van der Waals surface area contributed by atoms with E-state index in [9.17, 15) is 9.59 Å². The third kappa shape index (κ3) is 4.17. The van der Waals surface area contributed by atoms with Gasteiger partial charge in [0.2, 0.25) is 12.7 Å². The molecule has 0 unspecified atom stereocenters. The van der Waals surface area contributed by atoms with Crippen molar-refractivity contribution in [2.24, 2.45) is 5.92 Å². The summed E-state index contributed by atoms with van der Waals surface area (Å²) in [6, 6.07) is 11.2. The lowest BCUT2D eigenvalue weighted by molar-refractivity contribution is -0.132. The molecule has 162 valence electrons. The molecular formula is C24H25NO6. The van der Waals surface area contributed by atoms with Crippen molar-refractivity contribution >= 4 is 11.7 Å². The van der Waals surface area contributed by atoms with E-state index in [1.54, 1.807) is 18.2 Å². The molecule has 31 heavy (non-hydrogen) atoms. The van der Waals surface area contributed by atoms with Gasteiger partial charge in [0.1, 0.15) is 13.2 Å². The quantitative estimate of drug-likeness (QED) is 0.688. The molecule has 3 heterocycles. The Labute approximate surface area is 180 Å². The van der Waals surface area contributed by atoms with Gasteiger partial charge in [-0.2, -0.15) is 0 Å². The summed E-state index contributed by atoms with van der Waals surface area (Å²) < 4.78 is 21.8. The van der Waals surface area contributed by atoms with Crippen LogP contribution in [0.15, 0.2) is 36.4 Å². The van der Waals surface area contributed by atoms with Gasteiger partial charge in [-0.25, -0.2) is 0 Å². The first kappa shape index (κ1) is 19.7. The number of hydrogen-bond acceptors (Lipinski definition) is 6. The van der Waals surface area contributed by atoms with Crippen LogP contribution in [0.1, 0.15) is 35.2 Å². The van der Waals surface area contributed by atoms with Gasteiger partial charge in [-0.3, -0.25) is 9.59 Å². The van der Waals surface area contributed by atoms with E-state index >= 15 is 0 Å². The van der Waals surface area contributed by atoms with Gasteiger partial charge in [-0.1, -0.05) is 6.07 Å². The van der Waals surface area contributed by atoms with Gasteiger partial charge >= 0.3 is 0 Å². The van der Waals surface area contributed by atoms with Crippen LogP contribution < -0.4 is 18.9 Å². The highest BCUT2D eigenvalue weighted by Gasteiger charge is 2.28. The minimum Gasteiger partial charge on any atom is -0.486 e. The van der Waals surface area contributed by atoms with Crippen molar-refractivity contribution in [2.45, 2.75) is 25.7 Å². The van der Waals surface area contributed by atoms with Crippen molar-refractivity contribution in [2.75, 3.05) is 33.1 Å². The monoisotopic (exact) mass is 423 g/mol. The predicted molar refractivity (Wildman–Crippen MR) is 112 cm³/mol. The lowest BCUT2D eigenvalue weighted by atomic mass is 9.88. The van der Waals surface area contributed by atoms with E-state index in [-0.39, 0.29) is 24.4 Å². The summed E-state index contributed by atoms with van der Waals surface area (Å²) in [5.41, 5.74) is 1.71. The zero-order valence-corrected chi connectivity index (χ0v) is 17.3. The molecule has 0 aromatic heterocycles. The molecule has 7 heteroatoms. The first-order valence-corrected chi connectivity index (χ1v) is 10.8. The standard InChI is InChI=1S/C24H25NO6/c26-23(6-2-16-1-4-20-21(13-16)31-15-30-20)25-9-7-17(8-10-25)24(27)18-3-5-19-22(14-18)29-12-11-28-19/h1,3-5,13-14,17H,2,6-12,15H2. The lowest BCUT2D eigenvalue weighted by Gasteiger charge is -2.31. The largest absolute Gasteiger partial charge is 0.486 e. The first-order chi connectivity index (χ1) is 15.2. The molecule has 0 N–H and O–H groups in total. The summed E-state index contributed by atoms with van der Waals surface area (Å²) in [5, 5.41) is 0. The molecule has 1 saturated heterocycles. The molecule has 0 bridgehead atoms. The average Bonchev–Trinajstić information content (AvgIpc) is 3.30. The minimum atomic E-state index is -0.0690. The number of rotatable bonds is 5. The van der Waals surface area contributed by atoms with Crippen molar-refractivity contribution in [3.63, 3.8) is 0 Å². The van der Waals surface area contributed by atoms with Crippen LogP contribution in [0.4, 0.5) is 0 Å². The second-order valence-electron chi connectivity index (χ2n) is 8.07. The van der Waals surface area contributed by atoms with Crippen molar-refractivity contribution in [1.29, 1.82) is 0 Å². The van der Waals surface area contributed by atoms with Crippen molar-refractivity contribution < 1.29 is 28.5 Å². The molecular weight excluding hydrogens is 398 g/mol. The van der Waals surface area contributed by atoms with Crippen molar-refractivity contribution in [3.8, 4) is 23.0 Å². The Balaban J connectivity index is 1.13. The SMILES string of the molecule is O=C(c1ccc2c(c1)OCCO2)C1CCN(C(=O)CCc2ccc3c(c2)OCO3)CC1. The molecule has 1 amide bonds. The molecule has 7 nitrogen and oxygen atoms in total. The number of amides is 1. The number of hydrogen-bond donors (Lipinski definition) is 0. The highest BCUT2D eigenvalue weighted by atomic mass is 16.7. The number of ether oxygens (including phenoxy) is 4. The van der Waals surface area contributed by atoms with Gasteiger partial charge in [0.25, 0.3) is 0 Å². The van der Waals surface area contributed by atoms with E-state index in [1.165, 1.54) is 0 Å². The molecule has 3 aliphatic rings. The minimum absolute atomic E-state index is 0.0690. The van der Waals surface area contributed by atoms with Crippen LogP contribution in [-0.4, -0.2) is 49.7 Å². The number of ketones is 1. The number of aryl methyl sites for hydroxylation is 1. The molecule has 0 atom stereocenters. The van der Waals surface area contributed by atoms with Crippen molar-refractivity contribution in [1.82, 2.24) is 4.90 Å². The predicted octanol–water partition coefficient (Wildman–Crippen LogP) is 3.24. The Hall–Kier alpha value is -3.22. The van der Waals surface area contributed by atoms with Crippen molar-refractivity contribution in [3.05, 3.63) is 47.5 Å². The van der Waals surface area contributed by atoms with E-state index in [0.717, 1.165) is 17.1 Å². The third-order valence-electron chi connectivity index (χ3n) is 6.11. The summed E-state index contributed by atoms with van der Waals surface area (Å²) in [6.45, 7) is 2.50. The molecule has 1 fully saturated rings. The number of benzene rings is 2. The highest BCUT2D eigenvalue weighted by molar-refractivity contribution is 5.98. The van der Waals surface area contributed by atoms with E-state index in [4.69, 9.17) is 18.9 Å². The van der Waals surface area contributed by atoms with Crippen LogP contribution in [0, 0.1) is 5.92 Å². The number of carbonyl (C=O) groups is 2. The fraction of sp³-hybridized carbons (Fsp3) is 0.417. The summed E-state index contributed by atoms with van der Waals surface area (Å²) in [6.07, 6.45) is 2.47.